The van der Waals surface area contributed by atoms with Crippen LogP contribution in [0.5, 0.6) is 17.2 Å². The SMILES string of the molecule is C=C(O)/C(O)=C(\C=C\C(=O)OC)OC(=O)c1cc(O)c(O)c(O)c1. The minimum absolute atomic E-state index is 0.386. The van der Waals surface area contributed by atoms with Gasteiger partial charge in [-0.3, -0.25) is 0 Å². The number of rotatable bonds is 5. The number of hydrogen-bond donors (Lipinski definition) is 5. The van der Waals surface area contributed by atoms with Gasteiger partial charge in [-0.15, -0.1) is 0 Å². The number of phenolic OH excluding ortho intramolecular Hbond substituents is 3. The highest BCUT2D eigenvalue weighted by molar-refractivity contribution is 5.92. The first kappa shape index (κ1) is 18.4. The molecule has 24 heavy (non-hydrogen) atoms. The molecule has 0 unspecified atom stereocenters. The number of aromatic hydroxyl groups is 3. The predicted octanol–water partition coefficient (Wildman–Crippen LogP) is 1.53. The first-order valence-corrected chi connectivity index (χ1v) is 6.22. The van der Waals surface area contributed by atoms with Gasteiger partial charge in [0.25, 0.3) is 0 Å². The van der Waals surface area contributed by atoms with Gasteiger partial charge in [-0.1, -0.05) is 6.58 Å². The first-order chi connectivity index (χ1) is 11.2. The summed E-state index contributed by atoms with van der Waals surface area (Å²) in [6.07, 6.45) is 1.63. The molecule has 1 rings (SSSR count). The zero-order valence-corrected chi connectivity index (χ0v) is 12.4. The van der Waals surface area contributed by atoms with Crippen LogP contribution in [0.3, 0.4) is 0 Å². The summed E-state index contributed by atoms with van der Waals surface area (Å²) in [7, 11) is 1.09. The quantitative estimate of drug-likeness (QED) is 0.177. The Morgan fingerprint density at radius 3 is 2.08 bits per heavy atom. The van der Waals surface area contributed by atoms with Gasteiger partial charge < -0.3 is 35.0 Å². The van der Waals surface area contributed by atoms with Gasteiger partial charge in [0, 0.05) is 6.08 Å². The van der Waals surface area contributed by atoms with Crippen LogP contribution < -0.4 is 0 Å². The van der Waals surface area contributed by atoms with E-state index in [-0.39, 0.29) is 5.56 Å². The Bertz CT molecular complexity index is 720. The predicted molar refractivity (Wildman–Crippen MR) is 79.4 cm³/mol. The van der Waals surface area contributed by atoms with Crippen molar-refractivity contribution in [1.29, 1.82) is 0 Å². The van der Waals surface area contributed by atoms with Crippen molar-refractivity contribution < 1.29 is 44.6 Å². The summed E-state index contributed by atoms with van der Waals surface area (Å²) >= 11 is 0. The van der Waals surface area contributed by atoms with Gasteiger partial charge in [0.05, 0.1) is 12.7 Å². The van der Waals surface area contributed by atoms with E-state index < -0.39 is 46.5 Å². The second-order valence-corrected chi connectivity index (χ2v) is 4.27. The largest absolute Gasteiger partial charge is 0.505 e. The Morgan fingerprint density at radius 2 is 1.62 bits per heavy atom. The first-order valence-electron chi connectivity index (χ1n) is 6.22. The summed E-state index contributed by atoms with van der Waals surface area (Å²) in [5.41, 5.74) is -0.386. The zero-order chi connectivity index (χ0) is 18.4. The van der Waals surface area contributed by atoms with Crippen molar-refractivity contribution in [2.24, 2.45) is 0 Å². The molecule has 9 heteroatoms. The van der Waals surface area contributed by atoms with Crippen LogP contribution in [0.15, 0.2) is 48.1 Å². The number of aliphatic hydroxyl groups is 2. The number of phenols is 3. The van der Waals surface area contributed by atoms with Crippen LogP contribution in [0.1, 0.15) is 10.4 Å². The van der Waals surface area contributed by atoms with E-state index in [1.165, 1.54) is 0 Å². The number of benzene rings is 1. The molecule has 5 N–H and O–H groups in total. The monoisotopic (exact) mass is 338 g/mol. The summed E-state index contributed by atoms with van der Waals surface area (Å²) in [5.74, 6) is -6.84. The van der Waals surface area contributed by atoms with Gasteiger partial charge in [0.15, 0.2) is 28.8 Å². The van der Waals surface area contributed by atoms with Crippen molar-refractivity contribution in [1.82, 2.24) is 0 Å². The van der Waals surface area contributed by atoms with Gasteiger partial charge in [-0.2, -0.15) is 0 Å². The summed E-state index contributed by atoms with van der Waals surface area (Å²) < 4.78 is 9.10. The lowest BCUT2D eigenvalue weighted by atomic mass is 10.2. The molecule has 0 fully saturated rings. The van der Waals surface area contributed by atoms with Gasteiger partial charge in [-0.05, 0) is 18.2 Å². The molecule has 0 atom stereocenters. The average molecular weight is 338 g/mol. The molecule has 0 heterocycles. The lowest BCUT2D eigenvalue weighted by molar-refractivity contribution is -0.134. The number of ether oxygens (including phenoxy) is 2. The fourth-order valence-corrected chi connectivity index (χ4v) is 1.40. The molecule has 128 valence electrons. The highest BCUT2D eigenvalue weighted by atomic mass is 16.5. The zero-order valence-electron chi connectivity index (χ0n) is 12.4. The smallest absolute Gasteiger partial charge is 0.343 e. The van der Waals surface area contributed by atoms with Gasteiger partial charge >= 0.3 is 11.9 Å². The van der Waals surface area contributed by atoms with Crippen LogP contribution in [0.4, 0.5) is 0 Å². The number of carbonyl (C=O) groups is 2. The molecular formula is C15H14O9. The van der Waals surface area contributed by atoms with Crippen LogP contribution in [-0.4, -0.2) is 44.6 Å². The third-order valence-electron chi connectivity index (χ3n) is 2.59. The minimum atomic E-state index is -1.18. The summed E-state index contributed by atoms with van der Waals surface area (Å²) in [6, 6.07) is 1.59. The third kappa shape index (κ3) is 4.44. The number of carbonyl (C=O) groups excluding carboxylic acids is 2. The molecule has 0 amide bonds. The molecule has 1 aromatic rings. The molecular weight excluding hydrogens is 324 g/mol. The highest BCUT2D eigenvalue weighted by Crippen LogP contribution is 2.35. The van der Waals surface area contributed by atoms with Crippen molar-refractivity contribution in [3.05, 3.63) is 53.7 Å². The Labute approximate surface area is 135 Å². The average Bonchev–Trinajstić information content (AvgIpc) is 2.54. The molecule has 9 nitrogen and oxygen atoms in total. The summed E-state index contributed by atoms with van der Waals surface area (Å²) in [6.45, 7) is 3.04. The molecule has 0 radical (unpaired) electrons. The number of esters is 2. The van der Waals surface area contributed by atoms with Gasteiger partial charge in [0.2, 0.25) is 5.76 Å². The minimum Gasteiger partial charge on any atom is -0.505 e. The maximum atomic E-state index is 12.0. The second kappa shape index (κ2) is 7.58. The van der Waals surface area contributed by atoms with Crippen LogP contribution >= 0.6 is 0 Å². The second-order valence-electron chi connectivity index (χ2n) is 4.27. The van der Waals surface area contributed by atoms with E-state index in [0.717, 1.165) is 31.4 Å². The number of allylic oxidation sites excluding steroid dienone is 1. The fraction of sp³-hybridized carbons (Fsp3) is 0.0667. The van der Waals surface area contributed by atoms with E-state index >= 15 is 0 Å². The topological polar surface area (TPSA) is 154 Å². The highest BCUT2D eigenvalue weighted by Gasteiger charge is 2.18. The Hall–Kier alpha value is -3.62. The van der Waals surface area contributed by atoms with E-state index in [1.807, 2.05) is 0 Å². The Balaban J connectivity index is 3.17. The molecule has 1 aromatic carbocycles. The van der Waals surface area contributed by atoms with E-state index in [4.69, 9.17) is 9.84 Å². The number of aliphatic hydroxyl groups excluding tert-OH is 2. The number of methoxy groups -OCH3 is 1. The lowest BCUT2D eigenvalue weighted by Gasteiger charge is -2.09. The van der Waals surface area contributed by atoms with E-state index in [1.54, 1.807) is 0 Å². The van der Waals surface area contributed by atoms with Gasteiger partial charge in [0.1, 0.15) is 0 Å². The number of hydrogen-bond acceptors (Lipinski definition) is 9. The maximum absolute atomic E-state index is 12.0. The maximum Gasteiger partial charge on any atom is 0.343 e. The van der Waals surface area contributed by atoms with Crippen molar-refractivity contribution in [3.8, 4) is 17.2 Å². The van der Waals surface area contributed by atoms with Crippen molar-refractivity contribution in [2.75, 3.05) is 7.11 Å². The van der Waals surface area contributed by atoms with E-state index in [0.29, 0.717) is 0 Å². The molecule has 0 saturated heterocycles. The van der Waals surface area contributed by atoms with Crippen LogP contribution in [0, 0.1) is 0 Å². The van der Waals surface area contributed by atoms with Gasteiger partial charge in [-0.25, -0.2) is 9.59 Å². The molecule has 0 aromatic heterocycles. The molecule has 0 bridgehead atoms. The normalized spacial score (nSPS) is 11.7. The van der Waals surface area contributed by atoms with Crippen LogP contribution in [0.2, 0.25) is 0 Å². The van der Waals surface area contributed by atoms with E-state index in [9.17, 15) is 30.0 Å². The van der Waals surface area contributed by atoms with Crippen molar-refractivity contribution in [3.63, 3.8) is 0 Å². The molecule has 0 aliphatic carbocycles. The summed E-state index contributed by atoms with van der Waals surface area (Å²) in [5, 5.41) is 46.7. The van der Waals surface area contributed by atoms with Crippen molar-refractivity contribution in [2.45, 2.75) is 0 Å². The lowest BCUT2D eigenvalue weighted by Crippen LogP contribution is -2.07. The molecule has 0 saturated carbocycles. The molecule has 0 aliphatic heterocycles. The third-order valence-corrected chi connectivity index (χ3v) is 2.59. The van der Waals surface area contributed by atoms with Crippen molar-refractivity contribution >= 4 is 11.9 Å². The Kier molecular flexibility index (Phi) is 5.82. The van der Waals surface area contributed by atoms with E-state index in [2.05, 4.69) is 11.3 Å². The van der Waals surface area contributed by atoms with Crippen LogP contribution in [-0.2, 0) is 14.3 Å². The molecule has 0 spiro atoms. The summed E-state index contributed by atoms with van der Waals surface area (Å²) in [4.78, 5) is 23.0. The fourth-order valence-electron chi connectivity index (χ4n) is 1.40. The molecule has 0 aliphatic rings. The Morgan fingerprint density at radius 1 is 1.08 bits per heavy atom. The van der Waals surface area contributed by atoms with Crippen LogP contribution in [0.25, 0.3) is 0 Å². The standard InChI is InChI=1S/C15H14O9/c1-7(16)13(20)11(3-4-12(19)23-2)24-15(22)8-5-9(17)14(21)10(18)6-8/h3-6,16-18,20-21H,1H2,2H3/b4-3+,13-11-.